The Hall–Kier alpha value is -7.30. The summed E-state index contributed by atoms with van der Waals surface area (Å²) in [5.41, 5.74) is 20.0. The van der Waals surface area contributed by atoms with Gasteiger partial charge in [0.1, 0.15) is 17.0 Å². The minimum absolute atomic E-state index is 0.114. The normalized spacial score (nSPS) is 11.3. The van der Waals surface area contributed by atoms with Crippen LogP contribution in [0.1, 0.15) is 16.7 Å². The smallest absolute Gasteiger partial charge is 0.154 e. The molecule has 0 saturated heterocycles. The number of rotatable bonds is 6. The number of nitrogens with one attached hydrogen (secondary N) is 1. The van der Waals surface area contributed by atoms with E-state index in [1.807, 2.05) is 78.9 Å². The van der Waals surface area contributed by atoms with Crippen molar-refractivity contribution in [2.75, 3.05) is 0 Å². The highest BCUT2D eigenvalue weighted by Gasteiger charge is 2.15. The zero-order valence-corrected chi connectivity index (χ0v) is 30.5. The average molecular weight is 710 g/mol. The second kappa shape index (κ2) is 15.7. The van der Waals surface area contributed by atoms with E-state index in [0.717, 1.165) is 49.8 Å². The topological polar surface area (TPSA) is 75.4 Å². The van der Waals surface area contributed by atoms with Crippen molar-refractivity contribution >= 4 is 33.6 Å². The molecule has 3 N–H and O–H groups in total. The van der Waals surface area contributed by atoms with Gasteiger partial charge in [0, 0.05) is 21.9 Å². The molecule has 55 heavy (non-hydrogen) atoms. The number of aryl methyl sites for hydroxylation is 1. The Labute approximate surface area is 321 Å². The summed E-state index contributed by atoms with van der Waals surface area (Å²) in [6.45, 7) is 2.08. The van der Waals surface area contributed by atoms with Crippen molar-refractivity contribution in [3.8, 4) is 44.5 Å². The maximum absolute atomic E-state index is 8.50. The number of benzene rings is 8. The molecule has 0 aliphatic heterocycles. The van der Waals surface area contributed by atoms with Crippen LogP contribution in [0.4, 0.5) is 0 Å². The van der Waals surface area contributed by atoms with Gasteiger partial charge >= 0.3 is 0 Å². The van der Waals surface area contributed by atoms with Gasteiger partial charge in [0.2, 0.25) is 0 Å². The lowest BCUT2D eigenvalue weighted by atomic mass is 9.94. The lowest BCUT2D eigenvalue weighted by Gasteiger charge is -2.10. The van der Waals surface area contributed by atoms with Gasteiger partial charge < -0.3 is 10.2 Å². The van der Waals surface area contributed by atoms with Gasteiger partial charge in [-0.1, -0.05) is 169 Å². The van der Waals surface area contributed by atoms with Crippen LogP contribution >= 0.6 is 0 Å². The van der Waals surface area contributed by atoms with Crippen LogP contribution in [0.25, 0.3) is 66.4 Å². The maximum atomic E-state index is 8.50. The third-order valence-corrected chi connectivity index (χ3v) is 9.69. The zero-order valence-electron chi connectivity index (χ0n) is 30.5. The third-order valence-electron chi connectivity index (χ3n) is 9.69. The molecule has 0 spiro atoms. The van der Waals surface area contributed by atoms with Gasteiger partial charge in [-0.3, -0.25) is 5.41 Å². The number of hydrogen-bond acceptors (Lipinski definition) is 2. The fraction of sp³-hybridized carbons (Fsp3) is 0.0196. The Kier molecular flexibility index (Phi) is 9.95. The summed E-state index contributed by atoms with van der Waals surface area (Å²) >= 11 is 0. The van der Waals surface area contributed by atoms with Gasteiger partial charge in [0.15, 0.2) is 5.84 Å². The summed E-state index contributed by atoms with van der Waals surface area (Å²) in [4.78, 5) is 4.46. The highest BCUT2D eigenvalue weighted by molar-refractivity contribution is 6.20. The van der Waals surface area contributed by atoms with E-state index in [1.54, 1.807) is 0 Å². The zero-order chi connectivity index (χ0) is 37.6. The van der Waals surface area contributed by atoms with Crippen LogP contribution in [0.15, 0.2) is 210 Å². The number of hydrogen-bond donors (Lipinski definition) is 2. The van der Waals surface area contributed by atoms with Gasteiger partial charge in [-0.2, -0.15) is 0 Å². The first kappa shape index (κ1) is 34.8. The minimum atomic E-state index is 0.114. The summed E-state index contributed by atoms with van der Waals surface area (Å²) < 4.78 is 6.24. The van der Waals surface area contributed by atoms with Crippen molar-refractivity contribution in [2.24, 2.45) is 10.7 Å². The second-order valence-corrected chi connectivity index (χ2v) is 13.5. The molecule has 0 atom stereocenters. The van der Waals surface area contributed by atoms with Crippen LogP contribution in [0.5, 0.6) is 0 Å². The first-order chi connectivity index (χ1) is 27.0. The lowest BCUT2D eigenvalue weighted by molar-refractivity contribution is 0.669. The lowest BCUT2D eigenvalue weighted by Crippen LogP contribution is -2.16. The molecule has 9 aromatic rings. The van der Waals surface area contributed by atoms with Crippen molar-refractivity contribution in [1.82, 2.24) is 0 Å². The average Bonchev–Trinajstić information content (AvgIpc) is 3.63. The van der Waals surface area contributed by atoms with Gasteiger partial charge in [0.05, 0.1) is 0 Å². The van der Waals surface area contributed by atoms with E-state index in [1.165, 1.54) is 27.8 Å². The van der Waals surface area contributed by atoms with E-state index in [9.17, 15) is 0 Å². The fourth-order valence-corrected chi connectivity index (χ4v) is 6.86. The van der Waals surface area contributed by atoms with Crippen LogP contribution in [0, 0.1) is 12.3 Å². The predicted octanol–water partition coefficient (Wildman–Crippen LogP) is 13.0. The van der Waals surface area contributed by atoms with Crippen LogP contribution < -0.4 is 5.73 Å². The molecule has 4 nitrogen and oxygen atoms in total. The number of furan rings is 1. The van der Waals surface area contributed by atoms with E-state index in [0.29, 0.717) is 5.56 Å². The number of nitrogens with zero attached hydrogens (tertiary/aromatic N) is 1. The molecule has 0 radical (unpaired) electrons. The summed E-state index contributed by atoms with van der Waals surface area (Å²) in [6, 6.07) is 68.3. The highest BCUT2D eigenvalue weighted by Crippen LogP contribution is 2.36. The Morgan fingerprint density at radius 3 is 1.44 bits per heavy atom. The van der Waals surface area contributed by atoms with Gasteiger partial charge in [-0.15, -0.1) is 0 Å². The molecule has 264 valence electrons. The summed E-state index contributed by atoms with van der Waals surface area (Å²) in [5.74, 6) is 0.391. The summed E-state index contributed by atoms with van der Waals surface area (Å²) in [5, 5.41) is 10.3. The molecule has 0 bridgehead atoms. The maximum Gasteiger partial charge on any atom is 0.154 e. The Morgan fingerprint density at radius 2 is 0.909 bits per heavy atom. The third kappa shape index (κ3) is 7.75. The quantitative estimate of drug-likeness (QED) is 0.133. The van der Waals surface area contributed by atoms with Gasteiger partial charge in [-0.05, 0) is 87.8 Å². The molecule has 0 aliphatic rings. The van der Waals surface area contributed by atoms with Crippen molar-refractivity contribution < 1.29 is 4.42 Å². The van der Waals surface area contributed by atoms with E-state index >= 15 is 0 Å². The van der Waals surface area contributed by atoms with Crippen molar-refractivity contribution in [3.05, 3.63) is 217 Å². The standard InChI is InChI=1S/C44H31N3O.C7H8/c45-43(30-13-5-2-6-14-30)47-44(46)38-21-10-22-41-42(38)39-28-37(23-24-40(39)48-41)36-20-9-19-35(27-36)34-18-8-17-33(26-34)32-16-7-15-31(25-32)29-11-3-1-4-12-29;1-7-5-3-2-4-6-7/h1-28H,(H3,45,46,47);2-6H,1H3. The van der Waals surface area contributed by atoms with Crippen LogP contribution in [-0.4, -0.2) is 11.7 Å². The van der Waals surface area contributed by atoms with Crippen LogP contribution in [-0.2, 0) is 0 Å². The molecule has 0 saturated carbocycles. The highest BCUT2D eigenvalue weighted by atomic mass is 16.3. The first-order valence-electron chi connectivity index (χ1n) is 18.3. The molecule has 0 amide bonds. The number of nitrogens with two attached hydrogens (primary N) is 1. The minimum Gasteiger partial charge on any atom is -0.456 e. The monoisotopic (exact) mass is 709 g/mol. The SMILES string of the molecule is Cc1ccccc1.N=C(N=C(N)c1cccc2oc3ccc(-c4cccc(-c5cccc(-c6cccc(-c7ccccc7)c6)c5)c4)cc3c12)c1ccccc1. The van der Waals surface area contributed by atoms with E-state index in [-0.39, 0.29) is 11.7 Å². The van der Waals surface area contributed by atoms with Crippen LogP contribution in [0.3, 0.4) is 0 Å². The van der Waals surface area contributed by atoms with Crippen molar-refractivity contribution in [1.29, 1.82) is 5.41 Å². The number of fused-ring (bicyclic) bond motifs is 3. The number of aliphatic imine (C=N–C) groups is 1. The van der Waals surface area contributed by atoms with E-state index in [4.69, 9.17) is 15.6 Å². The molecule has 1 heterocycles. The Morgan fingerprint density at radius 1 is 0.455 bits per heavy atom. The molecular weight excluding hydrogens is 671 g/mol. The van der Waals surface area contributed by atoms with Crippen molar-refractivity contribution in [2.45, 2.75) is 6.92 Å². The fourth-order valence-electron chi connectivity index (χ4n) is 6.86. The van der Waals surface area contributed by atoms with Crippen LogP contribution in [0.2, 0.25) is 0 Å². The molecule has 8 aromatic carbocycles. The van der Waals surface area contributed by atoms with Gasteiger partial charge in [0.25, 0.3) is 0 Å². The van der Waals surface area contributed by atoms with E-state index < -0.39 is 0 Å². The Balaban J connectivity index is 0.000000551. The van der Waals surface area contributed by atoms with Gasteiger partial charge in [-0.25, -0.2) is 4.99 Å². The molecule has 4 heteroatoms. The van der Waals surface area contributed by atoms with E-state index in [2.05, 4.69) is 133 Å². The molecular formula is C51H39N3O. The first-order valence-corrected chi connectivity index (χ1v) is 18.3. The molecule has 9 rings (SSSR count). The number of amidine groups is 2. The predicted molar refractivity (Wildman–Crippen MR) is 231 cm³/mol. The molecule has 0 fully saturated rings. The molecule has 0 aliphatic carbocycles. The Bertz CT molecular complexity index is 2780. The summed E-state index contributed by atoms with van der Waals surface area (Å²) in [6.07, 6.45) is 0. The molecule has 1 aromatic heterocycles. The summed E-state index contributed by atoms with van der Waals surface area (Å²) in [7, 11) is 0. The molecule has 0 unspecified atom stereocenters. The second-order valence-electron chi connectivity index (χ2n) is 13.5. The largest absolute Gasteiger partial charge is 0.456 e. The van der Waals surface area contributed by atoms with Crippen molar-refractivity contribution in [3.63, 3.8) is 0 Å².